The van der Waals surface area contributed by atoms with E-state index in [9.17, 15) is 22.4 Å². The number of rotatable bonds is 6. The molecule has 10 heteroatoms. The molecule has 0 unspecified atom stereocenters. The zero-order valence-electron chi connectivity index (χ0n) is 17.3. The summed E-state index contributed by atoms with van der Waals surface area (Å²) in [5.41, 5.74) is 0.939. The van der Waals surface area contributed by atoms with Gasteiger partial charge >= 0.3 is 5.97 Å². The molecule has 0 atom stereocenters. The van der Waals surface area contributed by atoms with Crippen molar-refractivity contribution >= 4 is 21.9 Å². The maximum Gasteiger partial charge on any atom is 0.339 e. The second-order valence-electron chi connectivity index (χ2n) is 7.19. The average Bonchev–Trinajstić information content (AvgIpc) is 2.74. The molecular formula is C21H24FN3O5S. The first kappa shape index (κ1) is 22.8. The number of carbonyl (C=O) groups is 2. The lowest BCUT2D eigenvalue weighted by molar-refractivity contribution is 0.0523. The number of nitrogens with one attached hydrogen (secondary N) is 1. The molecule has 0 spiro atoms. The number of likely N-dealkylation sites (tertiary alicyclic amines) is 1. The molecule has 1 aliphatic rings. The Morgan fingerprint density at radius 1 is 1.16 bits per heavy atom. The van der Waals surface area contributed by atoms with Gasteiger partial charge in [-0.15, -0.1) is 0 Å². The van der Waals surface area contributed by atoms with Gasteiger partial charge < -0.3 is 9.64 Å². The summed E-state index contributed by atoms with van der Waals surface area (Å²) in [5.74, 6) is -1.27. The minimum atomic E-state index is -3.77. The van der Waals surface area contributed by atoms with E-state index in [0.29, 0.717) is 37.2 Å². The number of esters is 1. The van der Waals surface area contributed by atoms with Gasteiger partial charge in [-0.05, 0) is 63.1 Å². The Kier molecular flexibility index (Phi) is 7.01. The number of hydrogen-bond donors (Lipinski definition) is 1. The lowest BCUT2D eigenvalue weighted by atomic mass is 10.1. The standard InChI is InChI=1S/C21H24FN3O5S/c1-3-30-21(27)18-8-9-19(23-14(18)2)20(26)25-12-10-16(11-13-25)24-31(28,29)17-6-4-15(22)5-7-17/h4-9,16,24H,3,10-13H2,1-2H3. The monoisotopic (exact) mass is 449 g/mol. The summed E-state index contributed by atoms with van der Waals surface area (Å²) in [6, 6.07) is 7.30. The molecule has 166 valence electrons. The van der Waals surface area contributed by atoms with Crippen LogP contribution in [0.4, 0.5) is 4.39 Å². The van der Waals surface area contributed by atoms with E-state index in [0.717, 1.165) is 12.1 Å². The van der Waals surface area contributed by atoms with Gasteiger partial charge in [-0.2, -0.15) is 0 Å². The van der Waals surface area contributed by atoms with Crippen LogP contribution in [0.1, 0.15) is 46.3 Å². The predicted octanol–water partition coefficient (Wildman–Crippen LogP) is 2.29. The molecule has 1 saturated heterocycles. The molecule has 1 fully saturated rings. The van der Waals surface area contributed by atoms with Crippen LogP contribution in [0.5, 0.6) is 0 Å². The van der Waals surface area contributed by atoms with Gasteiger partial charge in [0.05, 0.1) is 22.8 Å². The minimum absolute atomic E-state index is 0.00577. The molecule has 0 saturated carbocycles. The molecule has 0 bridgehead atoms. The molecule has 3 rings (SSSR count). The van der Waals surface area contributed by atoms with Crippen molar-refractivity contribution in [3.8, 4) is 0 Å². The average molecular weight is 450 g/mol. The van der Waals surface area contributed by atoms with Gasteiger partial charge in [0.15, 0.2) is 0 Å². The zero-order chi connectivity index (χ0) is 22.6. The minimum Gasteiger partial charge on any atom is -0.462 e. The maximum atomic E-state index is 13.0. The van der Waals surface area contributed by atoms with Crippen molar-refractivity contribution in [2.75, 3.05) is 19.7 Å². The van der Waals surface area contributed by atoms with E-state index in [-0.39, 0.29) is 29.1 Å². The van der Waals surface area contributed by atoms with Crippen molar-refractivity contribution < 1.29 is 27.1 Å². The Balaban J connectivity index is 1.60. The van der Waals surface area contributed by atoms with Crippen molar-refractivity contribution in [1.29, 1.82) is 0 Å². The van der Waals surface area contributed by atoms with E-state index in [1.165, 1.54) is 24.3 Å². The summed E-state index contributed by atoms with van der Waals surface area (Å²) in [6.45, 7) is 4.31. The number of halogens is 1. The van der Waals surface area contributed by atoms with E-state index in [4.69, 9.17) is 4.74 Å². The van der Waals surface area contributed by atoms with Crippen LogP contribution in [-0.2, 0) is 14.8 Å². The van der Waals surface area contributed by atoms with Gasteiger partial charge in [0, 0.05) is 19.1 Å². The molecule has 1 aromatic heterocycles. The molecule has 8 nitrogen and oxygen atoms in total. The van der Waals surface area contributed by atoms with Gasteiger partial charge in [-0.25, -0.2) is 27.3 Å². The molecule has 1 aliphatic heterocycles. The van der Waals surface area contributed by atoms with Crippen molar-refractivity contribution in [3.63, 3.8) is 0 Å². The summed E-state index contributed by atoms with van der Waals surface area (Å²) >= 11 is 0. The van der Waals surface area contributed by atoms with Crippen LogP contribution < -0.4 is 4.72 Å². The van der Waals surface area contributed by atoms with Crippen molar-refractivity contribution in [3.05, 3.63) is 59.2 Å². The smallest absolute Gasteiger partial charge is 0.339 e. The molecule has 2 heterocycles. The third kappa shape index (κ3) is 5.45. The highest BCUT2D eigenvalue weighted by atomic mass is 32.2. The lowest BCUT2D eigenvalue weighted by Crippen LogP contribution is -2.46. The Morgan fingerprint density at radius 2 is 1.81 bits per heavy atom. The quantitative estimate of drug-likeness (QED) is 0.679. The second kappa shape index (κ2) is 9.52. The number of pyridine rings is 1. The van der Waals surface area contributed by atoms with Crippen LogP contribution in [-0.4, -0.2) is 55.9 Å². The van der Waals surface area contributed by atoms with Crippen LogP contribution >= 0.6 is 0 Å². The normalized spacial score (nSPS) is 15.0. The number of aryl methyl sites for hydroxylation is 1. The fourth-order valence-corrected chi connectivity index (χ4v) is 4.67. The first-order valence-electron chi connectivity index (χ1n) is 9.93. The second-order valence-corrected chi connectivity index (χ2v) is 8.91. The lowest BCUT2D eigenvalue weighted by Gasteiger charge is -2.32. The third-order valence-corrected chi connectivity index (χ3v) is 6.56. The number of sulfonamides is 1. The zero-order valence-corrected chi connectivity index (χ0v) is 18.1. The number of amides is 1. The summed E-state index contributed by atoms with van der Waals surface area (Å²) < 4.78 is 45.5. The van der Waals surface area contributed by atoms with E-state index < -0.39 is 21.8 Å². The summed E-state index contributed by atoms with van der Waals surface area (Å²) in [6.07, 6.45) is 0.873. The molecule has 1 N–H and O–H groups in total. The summed E-state index contributed by atoms with van der Waals surface area (Å²) in [4.78, 5) is 30.5. The van der Waals surface area contributed by atoms with E-state index in [2.05, 4.69) is 9.71 Å². The molecular weight excluding hydrogens is 425 g/mol. The highest BCUT2D eigenvalue weighted by Crippen LogP contribution is 2.18. The van der Waals surface area contributed by atoms with Crippen molar-refractivity contribution in [1.82, 2.24) is 14.6 Å². The van der Waals surface area contributed by atoms with E-state index in [1.54, 1.807) is 18.7 Å². The largest absolute Gasteiger partial charge is 0.462 e. The van der Waals surface area contributed by atoms with Crippen LogP contribution in [0.2, 0.25) is 0 Å². The van der Waals surface area contributed by atoms with Crippen molar-refractivity contribution in [2.45, 2.75) is 37.6 Å². The Labute approximate surface area is 180 Å². The molecule has 1 amide bonds. The first-order valence-corrected chi connectivity index (χ1v) is 11.4. The molecule has 2 aromatic rings. The fraction of sp³-hybridized carbons (Fsp3) is 0.381. The van der Waals surface area contributed by atoms with Crippen molar-refractivity contribution in [2.24, 2.45) is 0 Å². The van der Waals surface area contributed by atoms with E-state index in [1.807, 2.05) is 0 Å². The first-order chi connectivity index (χ1) is 14.7. The molecule has 0 aliphatic carbocycles. The highest BCUT2D eigenvalue weighted by molar-refractivity contribution is 7.89. The number of piperidine rings is 1. The van der Waals surface area contributed by atoms with Crippen LogP contribution in [0.15, 0.2) is 41.3 Å². The number of aromatic nitrogens is 1. The van der Waals surface area contributed by atoms with Gasteiger partial charge in [-0.1, -0.05) is 0 Å². The topological polar surface area (TPSA) is 106 Å². The Morgan fingerprint density at radius 3 is 2.39 bits per heavy atom. The third-order valence-electron chi connectivity index (χ3n) is 5.03. The fourth-order valence-electron chi connectivity index (χ4n) is 3.37. The van der Waals surface area contributed by atoms with Crippen LogP contribution in [0, 0.1) is 12.7 Å². The number of benzene rings is 1. The number of nitrogens with zero attached hydrogens (tertiary/aromatic N) is 2. The van der Waals surface area contributed by atoms with Gasteiger partial charge in [0.25, 0.3) is 5.91 Å². The van der Waals surface area contributed by atoms with Gasteiger partial charge in [0.2, 0.25) is 10.0 Å². The SMILES string of the molecule is CCOC(=O)c1ccc(C(=O)N2CCC(NS(=O)(=O)c3ccc(F)cc3)CC2)nc1C. The van der Waals surface area contributed by atoms with Gasteiger partial charge in [0.1, 0.15) is 11.5 Å². The molecule has 1 aromatic carbocycles. The Hall–Kier alpha value is -2.85. The number of hydrogen-bond acceptors (Lipinski definition) is 6. The maximum absolute atomic E-state index is 13.0. The van der Waals surface area contributed by atoms with Crippen LogP contribution in [0.3, 0.4) is 0 Å². The van der Waals surface area contributed by atoms with E-state index >= 15 is 0 Å². The molecule has 31 heavy (non-hydrogen) atoms. The van der Waals surface area contributed by atoms with Crippen LogP contribution in [0.25, 0.3) is 0 Å². The molecule has 0 radical (unpaired) electrons. The highest BCUT2D eigenvalue weighted by Gasteiger charge is 2.28. The summed E-state index contributed by atoms with van der Waals surface area (Å²) in [7, 11) is -3.77. The number of carbonyl (C=O) groups excluding carboxylic acids is 2. The summed E-state index contributed by atoms with van der Waals surface area (Å²) in [5, 5.41) is 0. The predicted molar refractivity (Wildman–Crippen MR) is 111 cm³/mol. The Bertz CT molecular complexity index is 1060. The van der Waals surface area contributed by atoms with Gasteiger partial charge in [-0.3, -0.25) is 4.79 Å². The number of ether oxygens (including phenoxy) is 1.